The molecule has 2 saturated heterocycles. The minimum atomic E-state index is -1.11. The Bertz CT molecular complexity index is 3420. The number of ether oxygens (including phenoxy) is 1. The van der Waals surface area contributed by atoms with Crippen LogP contribution in [0.3, 0.4) is 0 Å². The van der Waals surface area contributed by atoms with Crippen molar-refractivity contribution in [1.82, 2.24) is 46.2 Å². The van der Waals surface area contributed by atoms with Crippen LogP contribution in [0, 0.1) is 13.8 Å². The van der Waals surface area contributed by atoms with E-state index in [9.17, 15) is 52.7 Å². The molecule has 4 aliphatic heterocycles. The number of rotatable bonds is 23. The van der Waals surface area contributed by atoms with Gasteiger partial charge in [0.1, 0.15) is 29.8 Å². The highest BCUT2D eigenvalue weighted by Gasteiger charge is 2.39. The molecule has 4 aromatic rings. The average molecular weight is 1350 g/mol. The lowest BCUT2D eigenvalue weighted by molar-refractivity contribution is -0.144. The molecule has 0 bridgehead atoms. The highest BCUT2D eigenvalue weighted by molar-refractivity contribution is 6.31. The average Bonchev–Trinajstić information content (AvgIpc) is 0.823. The zero-order valence-electron chi connectivity index (χ0n) is 54.9. The number of amides is 11. The normalized spacial score (nSPS) is 16.5. The van der Waals surface area contributed by atoms with Crippen LogP contribution in [0.5, 0.6) is 0 Å². The molecule has 8 rings (SSSR count). The maximum absolute atomic E-state index is 14.0. The number of carbonyl (C=O) groups is 11. The van der Waals surface area contributed by atoms with E-state index < -0.39 is 65.4 Å². The summed E-state index contributed by atoms with van der Waals surface area (Å²) in [5.41, 5.74) is 10.8. The molecule has 4 heterocycles. The number of nitrogens with zero attached hydrogens (tertiary/aromatic N) is 4. The molecule has 0 spiro atoms. The maximum Gasteiger partial charge on any atom is 0.408 e. The zero-order chi connectivity index (χ0) is 68.8. The first-order valence-electron chi connectivity index (χ1n) is 32.6. The van der Waals surface area contributed by atoms with Crippen LogP contribution < -0.4 is 43.0 Å². The third-order valence-corrected chi connectivity index (χ3v) is 17.7. The summed E-state index contributed by atoms with van der Waals surface area (Å²) in [7, 11) is 0. The number of benzene rings is 4. The molecule has 0 radical (unpaired) electrons. The molecule has 0 aliphatic carbocycles. The zero-order valence-corrected chi connectivity index (χ0v) is 56.4. The molecule has 0 saturated carbocycles. The standard InChI is InChI=1S/C37H49ClN6O7.C32H41ClN6O5/c1-24-20-27(12-13-28(24)38)41-34(48)29(16-17-39-31(45)22-40-36(50)51-37(2,3)4)42-35(49)30-21-25-10-6-7-11-26(25)23-44(30)33(47)15-14-32(46)43-18-8-5-9-19-43;1-21-17-24(9-10-25(21)33)36-31(43)26(13-14-35-28(40)19-34)37-32(44)27-18-22-7-3-4-8-23(22)20-39(27)30(42)12-11-29(41)38-15-5-2-6-16-38/h6-7,10-13,20,29-30H,5,8-9,14-19,21-23H2,1-4H3,(H,39,45)(H,40,50)(H,41,48)(H,42,49);3-4,7-10,17,26-27H,2,5-6,11-16,18-20,34H2,1H3,(H,35,40)(H,36,43)(H,37,44)/t29-,30-;26-,27-/m00/s1. The summed E-state index contributed by atoms with van der Waals surface area (Å²) < 4.78 is 5.15. The van der Waals surface area contributed by atoms with Crippen molar-refractivity contribution < 1.29 is 57.5 Å². The number of halogens is 2. The van der Waals surface area contributed by atoms with Crippen molar-refractivity contribution in [2.45, 2.75) is 167 Å². The van der Waals surface area contributed by atoms with Gasteiger partial charge in [-0.2, -0.15) is 0 Å². The molecule has 0 aromatic heterocycles. The Morgan fingerprint density at radius 3 is 1.31 bits per heavy atom. The van der Waals surface area contributed by atoms with Crippen LogP contribution in [0.25, 0.3) is 0 Å². The monoisotopic (exact) mass is 1350 g/mol. The first-order valence-corrected chi connectivity index (χ1v) is 33.3. The fraction of sp³-hybridized carbons (Fsp3) is 0.493. The number of hydrogen-bond donors (Lipinski definition) is 8. The fourth-order valence-electron chi connectivity index (χ4n) is 11.6. The van der Waals surface area contributed by atoms with Crippen molar-refractivity contribution in [1.29, 1.82) is 0 Å². The molecular weight excluding hydrogens is 1260 g/mol. The van der Waals surface area contributed by atoms with Gasteiger partial charge in [0.15, 0.2) is 0 Å². The second-order valence-corrected chi connectivity index (χ2v) is 26.1. The number of piperidine rings is 2. The Kier molecular flexibility index (Phi) is 27.8. The molecule has 9 N–H and O–H groups in total. The number of likely N-dealkylation sites (tertiary alicyclic amines) is 2. The number of fused-ring (bicyclic) bond motifs is 2. The molecule has 4 aliphatic rings. The van der Waals surface area contributed by atoms with E-state index in [2.05, 4.69) is 37.2 Å². The summed E-state index contributed by atoms with van der Waals surface area (Å²) in [5.74, 6) is -3.68. The van der Waals surface area contributed by atoms with Crippen LogP contribution in [0.4, 0.5) is 16.2 Å². The number of hydrogen-bond acceptors (Lipinski definition) is 13. The number of nitrogens with two attached hydrogens (primary N) is 1. The minimum Gasteiger partial charge on any atom is -0.444 e. The molecule has 4 aromatic carbocycles. The van der Waals surface area contributed by atoms with E-state index in [1.165, 1.54) is 9.80 Å². The van der Waals surface area contributed by atoms with Gasteiger partial charge in [-0.1, -0.05) is 71.7 Å². The molecule has 26 heteroatoms. The predicted octanol–water partition coefficient (Wildman–Crippen LogP) is 6.13. The van der Waals surface area contributed by atoms with Gasteiger partial charge >= 0.3 is 6.09 Å². The predicted molar refractivity (Wildman–Crippen MR) is 360 cm³/mol. The van der Waals surface area contributed by atoms with Crippen molar-refractivity contribution in [2.24, 2.45) is 5.73 Å². The van der Waals surface area contributed by atoms with E-state index >= 15 is 0 Å². The molecule has 95 heavy (non-hydrogen) atoms. The van der Waals surface area contributed by atoms with Gasteiger partial charge in [0.2, 0.25) is 59.1 Å². The van der Waals surface area contributed by atoms with Gasteiger partial charge in [0.25, 0.3) is 0 Å². The largest absolute Gasteiger partial charge is 0.444 e. The van der Waals surface area contributed by atoms with Gasteiger partial charge in [-0.25, -0.2) is 4.79 Å². The van der Waals surface area contributed by atoms with Crippen molar-refractivity contribution >= 4 is 99.7 Å². The van der Waals surface area contributed by atoms with Crippen LogP contribution in [0.2, 0.25) is 10.0 Å². The second kappa shape index (κ2) is 35.8. The SMILES string of the molecule is Cc1cc(NC(=O)[C@H](CCNC(=O)CN)NC(=O)[C@@H]2Cc3ccccc3CN2C(=O)CCC(=O)N2CCCCC2)ccc1Cl.Cc1cc(NC(=O)[C@H](CCNC(=O)CNC(=O)OC(C)(C)C)NC(=O)[C@@H]2Cc3ccccc3CN2C(=O)CCC(=O)N2CCCCC2)ccc1Cl. The lowest BCUT2D eigenvalue weighted by atomic mass is 9.92. The number of nitrogens with one attached hydrogen (secondary N) is 7. The quantitative estimate of drug-likeness (QED) is 0.0415. The van der Waals surface area contributed by atoms with Crippen LogP contribution in [0.15, 0.2) is 84.9 Å². The van der Waals surface area contributed by atoms with Crippen molar-refractivity contribution in [3.05, 3.63) is 128 Å². The highest BCUT2D eigenvalue weighted by Crippen LogP contribution is 2.28. The van der Waals surface area contributed by atoms with Crippen LogP contribution in [-0.2, 0) is 78.6 Å². The van der Waals surface area contributed by atoms with Crippen molar-refractivity contribution in [3.8, 4) is 0 Å². The smallest absolute Gasteiger partial charge is 0.408 e. The molecule has 2 fully saturated rings. The first-order chi connectivity index (χ1) is 45.4. The maximum atomic E-state index is 14.0. The van der Waals surface area contributed by atoms with Gasteiger partial charge in [-0.15, -0.1) is 0 Å². The molecule has 4 atom stereocenters. The summed E-state index contributed by atoms with van der Waals surface area (Å²) >= 11 is 12.3. The summed E-state index contributed by atoms with van der Waals surface area (Å²) in [4.78, 5) is 150. The van der Waals surface area contributed by atoms with Crippen LogP contribution >= 0.6 is 23.2 Å². The minimum absolute atomic E-state index is 0.00388. The molecular formula is C69H90Cl2N12O12. The highest BCUT2D eigenvalue weighted by atomic mass is 35.5. The van der Waals surface area contributed by atoms with E-state index in [1.54, 1.807) is 73.9 Å². The molecule has 512 valence electrons. The third kappa shape index (κ3) is 22.8. The first kappa shape index (κ1) is 73.8. The van der Waals surface area contributed by atoms with Crippen molar-refractivity contribution in [2.75, 3.05) is 63.0 Å². The Hall–Kier alpha value is -8.61. The van der Waals surface area contributed by atoms with E-state index in [0.29, 0.717) is 47.6 Å². The Balaban J connectivity index is 0.000000271. The number of carbonyl (C=O) groups excluding carboxylic acids is 11. The lowest BCUT2D eigenvalue weighted by Gasteiger charge is -2.37. The molecule has 24 nitrogen and oxygen atoms in total. The van der Waals surface area contributed by atoms with Gasteiger partial charge in [-0.3, -0.25) is 47.9 Å². The summed E-state index contributed by atoms with van der Waals surface area (Å²) in [6, 6.07) is 21.3. The van der Waals surface area contributed by atoms with Crippen molar-refractivity contribution in [3.63, 3.8) is 0 Å². The third-order valence-electron chi connectivity index (χ3n) is 16.9. The Morgan fingerprint density at radius 1 is 0.526 bits per heavy atom. The van der Waals surface area contributed by atoms with Gasteiger partial charge in [-0.05, 0) is 156 Å². The molecule has 11 amide bonds. The van der Waals surface area contributed by atoms with Gasteiger partial charge in [0.05, 0.1) is 13.1 Å². The summed E-state index contributed by atoms with van der Waals surface area (Å²) in [5, 5.41) is 20.0. The van der Waals surface area contributed by atoms with Gasteiger partial charge < -0.3 is 67.3 Å². The number of alkyl carbamates (subject to hydrolysis) is 1. The van der Waals surface area contributed by atoms with Crippen LogP contribution in [-0.4, -0.2) is 167 Å². The lowest BCUT2D eigenvalue weighted by Crippen LogP contribution is -2.56. The van der Waals surface area contributed by atoms with E-state index in [4.69, 9.17) is 33.7 Å². The fourth-order valence-corrected chi connectivity index (χ4v) is 11.9. The number of anilines is 2. The van der Waals surface area contributed by atoms with E-state index in [1.807, 2.05) is 55.5 Å². The summed E-state index contributed by atoms with van der Waals surface area (Å²) in [6.45, 7) is 11.5. The van der Waals surface area contributed by atoms with Crippen LogP contribution in [0.1, 0.15) is 131 Å². The van der Waals surface area contributed by atoms with Gasteiger partial charge in [0, 0.05) is 112 Å². The van der Waals surface area contributed by atoms with E-state index in [-0.39, 0.29) is 120 Å². The Labute approximate surface area is 565 Å². The summed E-state index contributed by atoms with van der Waals surface area (Å²) in [6.07, 6.45) is 5.95. The molecule has 0 unspecified atom stereocenters. The topological polar surface area (TPSA) is 320 Å². The Morgan fingerprint density at radius 2 is 0.916 bits per heavy atom. The second-order valence-electron chi connectivity index (χ2n) is 25.3. The van der Waals surface area contributed by atoms with E-state index in [0.717, 1.165) is 71.9 Å². The number of aryl methyl sites for hydroxylation is 2.